The Balaban J connectivity index is 1.29. The van der Waals surface area contributed by atoms with Gasteiger partial charge in [-0.1, -0.05) is 29.8 Å². The fraction of sp³-hybridized carbons (Fsp3) is 0.429. The Kier molecular flexibility index (Phi) is 4.10. The molecule has 0 aliphatic carbocycles. The van der Waals surface area contributed by atoms with Crippen LogP contribution in [0.2, 0.25) is 5.02 Å². The van der Waals surface area contributed by atoms with Crippen LogP contribution in [0.5, 0.6) is 0 Å². The second kappa shape index (κ2) is 6.50. The van der Waals surface area contributed by atoms with Crippen LogP contribution in [0.15, 0.2) is 48.7 Å². The molecule has 4 atom stereocenters. The molecule has 2 bridgehead atoms. The Labute approximate surface area is 163 Å². The number of fused-ring (bicyclic) bond motifs is 1. The van der Waals surface area contributed by atoms with Gasteiger partial charge in [-0.2, -0.15) is 0 Å². The van der Waals surface area contributed by atoms with Crippen LogP contribution in [0.3, 0.4) is 0 Å². The van der Waals surface area contributed by atoms with Crippen LogP contribution in [0.1, 0.15) is 23.2 Å². The number of rotatable bonds is 4. The highest BCUT2D eigenvalue weighted by Crippen LogP contribution is 2.55. The molecule has 3 aliphatic heterocycles. The largest absolute Gasteiger partial charge is 0.369 e. The van der Waals surface area contributed by atoms with E-state index < -0.39 is 0 Å². The van der Waals surface area contributed by atoms with Gasteiger partial charge in [-0.15, -0.1) is 0 Å². The lowest BCUT2D eigenvalue weighted by atomic mass is 9.73. The minimum absolute atomic E-state index is 0.0124. The average molecular weight is 384 g/mol. The number of hydrogen-bond acceptors (Lipinski definition) is 4. The second-order valence-electron chi connectivity index (χ2n) is 7.82. The highest BCUT2D eigenvalue weighted by Gasteiger charge is 2.63. The minimum atomic E-state index is -0.0892. The number of hydrogen-bond donors (Lipinski definition) is 1. The molecule has 0 saturated carbocycles. The van der Waals surface area contributed by atoms with E-state index in [1.165, 1.54) is 0 Å². The van der Waals surface area contributed by atoms with Crippen molar-refractivity contribution in [1.29, 1.82) is 0 Å². The van der Waals surface area contributed by atoms with Crippen LogP contribution in [0, 0.1) is 11.8 Å². The summed E-state index contributed by atoms with van der Waals surface area (Å²) in [5, 5.41) is 3.77. The zero-order chi connectivity index (χ0) is 18.4. The summed E-state index contributed by atoms with van der Waals surface area (Å²) >= 11 is 5.97. The SMILES string of the molecule is O=C(NC[C@H]1[C@H]2CN(c3ccc(Cl)cn3)C[C@]23CC[C@H]1O3)c1ccccc1. The Hall–Kier alpha value is -2.11. The smallest absolute Gasteiger partial charge is 0.251 e. The van der Waals surface area contributed by atoms with E-state index in [2.05, 4.69) is 15.2 Å². The number of halogens is 1. The lowest BCUT2D eigenvalue weighted by molar-refractivity contribution is 0.0141. The van der Waals surface area contributed by atoms with E-state index in [9.17, 15) is 4.79 Å². The zero-order valence-corrected chi connectivity index (χ0v) is 15.7. The summed E-state index contributed by atoms with van der Waals surface area (Å²) in [6, 6.07) is 13.2. The van der Waals surface area contributed by atoms with Gasteiger partial charge in [0.15, 0.2) is 0 Å². The van der Waals surface area contributed by atoms with Gasteiger partial charge in [0.25, 0.3) is 5.91 Å². The van der Waals surface area contributed by atoms with Crippen LogP contribution in [0.4, 0.5) is 5.82 Å². The summed E-state index contributed by atoms with van der Waals surface area (Å²) in [6.45, 7) is 2.44. The van der Waals surface area contributed by atoms with Crippen molar-refractivity contribution in [2.75, 3.05) is 24.5 Å². The van der Waals surface area contributed by atoms with Crippen molar-refractivity contribution in [2.45, 2.75) is 24.5 Å². The maximum Gasteiger partial charge on any atom is 0.251 e. The third-order valence-corrected chi connectivity index (χ3v) is 6.58. The van der Waals surface area contributed by atoms with Crippen LogP contribution in [-0.4, -0.2) is 42.2 Å². The zero-order valence-electron chi connectivity index (χ0n) is 15.0. The van der Waals surface area contributed by atoms with Crippen LogP contribution in [0.25, 0.3) is 0 Å². The van der Waals surface area contributed by atoms with Gasteiger partial charge in [0, 0.05) is 43.2 Å². The van der Waals surface area contributed by atoms with E-state index in [0.29, 0.717) is 29.0 Å². The predicted octanol–water partition coefficient (Wildman–Crippen LogP) is 3.15. The molecule has 1 amide bonds. The van der Waals surface area contributed by atoms with E-state index in [1.807, 2.05) is 42.5 Å². The molecular weight excluding hydrogens is 362 g/mol. The van der Waals surface area contributed by atoms with Crippen LogP contribution >= 0.6 is 11.6 Å². The molecule has 1 N–H and O–H groups in total. The molecule has 1 spiro atoms. The van der Waals surface area contributed by atoms with Crippen LogP contribution in [-0.2, 0) is 4.74 Å². The van der Waals surface area contributed by atoms with E-state index in [-0.39, 0.29) is 17.6 Å². The normalized spacial score (nSPS) is 31.1. The number of benzene rings is 1. The molecule has 5 rings (SSSR count). The van der Waals surface area contributed by atoms with Crippen molar-refractivity contribution < 1.29 is 9.53 Å². The number of aromatic nitrogens is 1. The molecule has 1 aromatic heterocycles. The molecule has 140 valence electrons. The summed E-state index contributed by atoms with van der Waals surface area (Å²) in [4.78, 5) is 19.2. The van der Waals surface area contributed by atoms with Gasteiger partial charge >= 0.3 is 0 Å². The lowest BCUT2D eigenvalue weighted by Gasteiger charge is -2.29. The van der Waals surface area contributed by atoms with E-state index in [1.54, 1.807) is 6.20 Å². The topological polar surface area (TPSA) is 54.5 Å². The molecule has 6 heteroatoms. The van der Waals surface area contributed by atoms with Crippen molar-refractivity contribution in [1.82, 2.24) is 10.3 Å². The molecule has 27 heavy (non-hydrogen) atoms. The minimum Gasteiger partial charge on any atom is -0.369 e. The number of nitrogens with one attached hydrogen (secondary N) is 1. The average Bonchev–Trinajstić information content (AvgIpc) is 3.36. The molecule has 5 nitrogen and oxygen atoms in total. The van der Waals surface area contributed by atoms with Crippen molar-refractivity contribution >= 4 is 23.3 Å². The first-order valence-corrected chi connectivity index (χ1v) is 9.90. The van der Waals surface area contributed by atoms with Gasteiger partial charge in [0.2, 0.25) is 0 Å². The molecule has 1 aromatic carbocycles. The monoisotopic (exact) mass is 383 g/mol. The summed E-state index contributed by atoms with van der Waals surface area (Å²) < 4.78 is 6.46. The standard InChI is InChI=1S/C21H22ClN3O2/c22-15-6-7-19(23-10-15)25-12-17-16(18-8-9-21(17,13-25)27-18)11-24-20(26)14-4-2-1-3-5-14/h1-7,10,16-18H,8-9,11-13H2,(H,24,26)/t16-,17+,18+,21+/m0/s1. The van der Waals surface area contributed by atoms with Gasteiger partial charge < -0.3 is 15.0 Å². The van der Waals surface area contributed by atoms with E-state index >= 15 is 0 Å². The maximum absolute atomic E-state index is 12.4. The van der Waals surface area contributed by atoms with Gasteiger partial charge in [-0.05, 0) is 37.1 Å². The number of anilines is 1. The highest BCUT2D eigenvalue weighted by atomic mass is 35.5. The first-order valence-electron chi connectivity index (χ1n) is 9.52. The van der Waals surface area contributed by atoms with Crippen molar-refractivity contribution in [3.05, 3.63) is 59.2 Å². The number of pyridine rings is 1. The van der Waals surface area contributed by atoms with Crippen LogP contribution < -0.4 is 10.2 Å². The Bertz CT molecular complexity index is 844. The van der Waals surface area contributed by atoms with Crippen molar-refractivity contribution in [3.63, 3.8) is 0 Å². The number of carbonyl (C=O) groups is 1. The molecule has 0 unspecified atom stereocenters. The number of nitrogens with zero attached hydrogens (tertiary/aromatic N) is 2. The van der Waals surface area contributed by atoms with Gasteiger partial charge in [-0.3, -0.25) is 4.79 Å². The van der Waals surface area contributed by atoms with Gasteiger partial charge in [0.05, 0.1) is 16.7 Å². The third-order valence-electron chi connectivity index (χ3n) is 6.35. The van der Waals surface area contributed by atoms with Gasteiger partial charge in [0.1, 0.15) is 5.82 Å². The number of amides is 1. The molecular formula is C21H22ClN3O2. The van der Waals surface area contributed by atoms with Gasteiger partial charge in [-0.25, -0.2) is 4.98 Å². The fourth-order valence-electron chi connectivity index (χ4n) is 5.10. The Morgan fingerprint density at radius 3 is 2.93 bits per heavy atom. The van der Waals surface area contributed by atoms with E-state index in [0.717, 1.165) is 31.7 Å². The van der Waals surface area contributed by atoms with Crippen molar-refractivity contribution in [2.24, 2.45) is 11.8 Å². The Morgan fingerprint density at radius 1 is 1.30 bits per heavy atom. The Morgan fingerprint density at radius 2 is 2.15 bits per heavy atom. The lowest BCUT2D eigenvalue weighted by Crippen LogP contribution is -2.41. The summed E-state index contributed by atoms with van der Waals surface area (Å²) in [5.74, 6) is 1.71. The number of carbonyl (C=O) groups excluding carboxylic acids is 1. The summed E-state index contributed by atoms with van der Waals surface area (Å²) in [6.07, 6.45) is 4.12. The predicted molar refractivity (Wildman–Crippen MR) is 104 cm³/mol. The molecule has 3 aliphatic rings. The first kappa shape index (κ1) is 17.0. The quantitative estimate of drug-likeness (QED) is 0.881. The molecule has 3 fully saturated rings. The first-order chi connectivity index (χ1) is 13.1. The summed E-state index contributed by atoms with van der Waals surface area (Å²) in [7, 11) is 0. The molecule has 2 aromatic rings. The molecule has 4 heterocycles. The second-order valence-corrected chi connectivity index (χ2v) is 8.26. The number of ether oxygens (including phenoxy) is 1. The van der Waals surface area contributed by atoms with Crippen molar-refractivity contribution in [3.8, 4) is 0 Å². The molecule has 3 saturated heterocycles. The maximum atomic E-state index is 12.4. The van der Waals surface area contributed by atoms with E-state index in [4.69, 9.17) is 16.3 Å². The fourth-order valence-corrected chi connectivity index (χ4v) is 5.21. The highest BCUT2D eigenvalue weighted by molar-refractivity contribution is 6.30. The third kappa shape index (κ3) is 2.89. The molecule has 0 radical (unpaired) electrons. The summed E-state index contributed by atoms with van der Waals surface area (Å²) in [5.41, 5.74) is 0.614.